The number of carbonyl (C=O) groups is 2. The zero-order chi connectivity index (χ0) is 18.2. The molecule has 1 heterocycles. The van der Waals surface area contributed by atoms with Crippen LogP contribution < -0.4 is 5.32 Å². The van der Waals surface area contributed by atoms with Gasteiger partial charge in [-0.3, -0.25) is 9.69 Å². The molecule has 0 saturated carbocycles. The highest BCUT2D eigenvalue weighted by molar-refractivity contribution is 6.07. The number of urea groups is 1. The van der Waals surface area contributed by atoms with Crippen LogP contribution in [0.1, 0.15) is 24.2 Å². The van der Waals surface area contributed by atoms with Gasteiger partial charge in [-0.15, -0.1) is 0 Å². The van der Waals surface area contributed by atoms with Gasteiger partial charge in [0.25, 0.3) is 5.91 Å². The molecule has 1 saturated heterocycles. The fourth-order valence-corrected chi connectivity index (χ4v) is 2.88. The van der Waals surface area contributed by atoms with Crippen LogP contribution in [-0.2, 0) is 10.3 Å². The largest absolute Gasteiger partial charge is 0.387 e. The Balaban J connectivity index is 1.88. The molecule has 2 atom stereocenters. The Morgan fingerprint density at radius 1 is 1.16 bits per heavy atom. The molecule has 1 aliphatic rings. The number of aliphatic hydroxyl groups is 1. The molecule has 130 valence electrons. The predicted molar refractivity (Wildman–Crippen MR) is 85.4 cm³/mol. The third-order valence-corrected chi connectivity index (χ3v) is 4.28. The molecule has 1 fully saturated rings. The van der Waals surface area contributed by atoms with E-state index in [1.165, 1.54) is 6.92 Å². The lowest BCUT2D eigenvalue weighted by Gasteiger charge is -2.23. The Labute approximate surface area is 142 Å². The first-order valence-corrected chi connectivity index (χ1v) is 7.65. The van der Waals surface area contributed by atoms with E-state index in [2.05, 4.69) is 5.32 Å². The number of aliphatic hydroxyl groups excluding tert-OH is 1. The van der Waals surface area contributed by atoms with Gasteiger partial charge >= 0.3 is 6.03 Å². The van der Waals surface area contributed by atoms with Crippen LogP contribution in [0.2, 0.25) is 0 Å². The molecule has 0 bridgehead atoms. The van der Waals surface area contributed by atoms with Crippen LogP contribution in [0.5, 0.6) is 0 Å². The van der Waals surface area contributed by atoms with E-state index in [0.717, 1.165) is 23.1 Å². The van der Waals surface area contributed by atoms with Crippen molar-refractivity contribution in [1.82, 2.24) is 10.2 Å². The molecule has 3 amide bonds. The first-order valence-electron chi connectivity index (χ1n) is 7.65. The third kappa shape index (κ3) is 2.98. The van der Waals surface area contributed by atoms with Crippen LogP contribution >= 0.6 is 0 Å². The van der Waals surface area contributed by atoms with Crippen molar-refractivity contribution in [2.75, 3.05) is 6.54 Å². The maximum absolute atomic E-state index is 14.1. The molecule has 25 heavy (non-hydrogen) atoms. The number of rotatable bonds is 4. The highest BCUT2D eigenvalue weighted by Crippen LogP contribution is 2.32. The average Bonchev–Trinajstić information content (AvgIpc) is 2.81. The molecule has 5 nitrogen and oxygen atoms in total. The minimum atomic E-state index is -1.74. The van der Waals surface area contributed by atoms with Crippen LogP contribution in [0.3, 0.4) is 0 Å². The monoisotopic (exact) mass is 346 g/mol. The lowest BCUT2D eigenvalue weighted by molar-refractivity contribution is -0.132. The summed E-state index contributed by atoms with van der Waals surface area (Å²) in [6.07, 6.45) is -1.09. The number of amides is 3. The summed E-state index contributed by atoms with van der Waals surface area (Å²) in [4.78, 5) is 25.7. The van der Waals surface area contributed by atoms with Crippen LogP contribution in [0.25, 0.3) is 0 Å². The standard InChI is InChI=1S/C18H16F2N2O3/c1-18(13-9-12(19)7-8-14(13)20)16(24)22(17(25)21-18)10-15(23)11-5-3-2-4-6-11/h2-9,15,23H,10H2,1H3,(H,21,25)/t15-,18-/m1/s1. The Bertz CT molecular complexity index is 828. The predicted octanol–water partition coefficient (Wildman–Crippen LogP) is 2.47. The van der Waals surface area contributed by atoms with Gasteiger partial charge in [0.05, 0.1) is 12.6 Å². The van der Waals surface area contributed by atoms with Crippen molar-refractivity contribution in [3.8, 4) is 0 Å². The lowest BCUT2D eigenvalue weighted by Crippen LogP contribution is -2.42. The van der Waals surface area contributed by atoms with E-state index in [1.807, 2.05) is 0 Å². The summed E-state index contributed by atoms with van der Waals surface area (Å²) in [5.41, 5.74) is -1.46. The van der Waals surface area contributed by atoms with Crippen molar-refractivity contribution in [2.24, 2.45) is 0 Å². The number of hydrogen-bond acceptors (Lipinski definition) is 3. The SMILES string of the molecule is C[C@]1(c2cc(F)ccc2F)NC(=O)N(C[C@@H](O)c2ccccc2)C1=O. The van der Waals surface area contributed by atoms with Gasteiger partial charge in [-0.2, -0.15) is 0 Å². The summed E-state index contributed by atoms with van der Waals surface area (Å²) in [5.74, 6) is -2.28. The topological polar surface area (TPSA) is 69.6 Å². The van der Waals surface area contributed by atoms with E-state index in [1.54, 1.807) is 30.3 Å². The second kappa shape index (κ2) is 6.25. The normalized spacial score (nSPS) is 21.4. The minimum Gasteiger partial charge on any atom is -0.387 e. The fourth-order valence-electron chi connectivity index (χ4n) is 2.88. The number of β-amino-alcohol motifs (C(OH)–C–C–N with tert-alkyl or cyclic N) is 1. The molecule has 7 heteroatoms. The van der Waals surface area contributed by atoms with Gasteiger partial charge in [-0.1, -0.05) is 30.3 Å². The number of nitrogens with zero attached hydrogens (tertiary/aromatic N) is 1. The summed E-state index contributed by atoms with van der Waals surface area (Å²) in [6.45, 7) is 1.02. The molecular formula is C18H16F2N2O3. The summed E-state index contributed by atoms with van der Waals surface area (Å²) in [7, 11) is 0. The lowest BCUT2D eigenvalue weighted by atomic mass is 9.91. The maximum atomic E-state index is 14.1. The van der Waals surface area contributed by atoms with Crippen LogP contribution in [0.4, 0.5) is 13.6 Å². The van der Waals surface area contributed by atoms with Crippen molar-refractivity contribution in [3.05, 3.63) is 71.3 Å². The van der Waals surface area contributed by atoms with Gasteiger partial charge < -0.3 is 10.4 Å². The first-order chi connectivity index (χ1) is 11.8. The maximum Gasteiger partial charge on any atom is 0.325 e. The van der Waals surface area contributed by atoms with Crippen molar-refractivity contribution in [2.45, 2.75) is 18.6 Å². The van der Waals surface area contributed by atoms with E-state index < -0.39 is 35.2 Å². The van der Waals surface area contributed by atoms with Crippen molar-refractivity contribution in [1.29, 1.82) is 0 Å². The van der Waals surface area contributed by atoms with Crippen molar-refractivity contribution < 1.29 is 23.5 Å². The van der Waals surface area contributed by atoms with Crippen LogP contribution in [0, 0.1) is 11.6 Å². The Morgan fingerprint density at radius 3 is 2.52 bits per heavy atom. The van der Waals surface area contributed by atoms with E-state index >= 15 is 0 Å². The zero-order valence-corrected chi connectivity index (χ0v) is 13.4. The summed E-state index contributed by atoms with van der Waals surface area (Å²) >= 11 is 0. The van der Waals surface area contributed by atoms with Crippen molar-refractivity contribution >= 4 is 11.9 Å². The molecule has 0 unspecified atom stereocenters. The van der Waals surface area contributed by atoms with E-state index in [9.17, 15) is 23.5 Å². The molecule has 0 radical (unpaired) electrons. The Kier molecular flexibility index (Phi) is 4.26. The van der Waals surface area contributed by atoms with Gasteiger partial charge in [-0.25, -0.2) is 13.6 Å². The average molecular weight is 346 g/mol. The van der Waals surface area contributed by atoms with Crippen LogP contribution in [0.15, 0.2) is 48.5 Å². The summed E-state index contributed by atoms with van der Waals surface area (Å²) in [5, 5.41) is 12.6. The molecule has 3 rings (SSSR count). The van der Waals surface area contributed by atoms with E-state index in [4.69, 9.17) is 0 Å². The zero-order valence-electron chi connectivity index (χ0n) is 13.4. The highest BCUT2D eigenvalue weighted by Gasteiger charge is 2.50. The third-order valence-electron chi connectivity index (χ3n) is 4.28. The van der Waals surface area contributed by atoms with Crippen molar-refractivity contribution in [3.63, 3.8) is 0 Å². The highest BCUT2D eigenvalue weighted by atomic mass is 19.1. The summed E-state index contributed by atoms with van der Waals surface area (Å²) in [6, 6.07) is 10.5. The molecule has 0 aliphatic carbocycles. The van der Waals surface area contributed by atoms with Crippen LogP contribution in [-0.4, -0.2) is 28.5 Å². The van der Waals surface area contributed by atoms with Gasteiger partial charge in [0.15, 0.2) is 0 Å². The molecule has 0 aromatic heterocycles. The minimum absolute atomic E-state index is 0.262. The Morgan fingerprint density at radius 2 is 1.84 bits per heavy atom. The number of hydrogen-bond donors (Lipinski definition) is 2. The summed E-state index contributed by atoms with van der Waals surface area (Å²) < 4.78 is 27.6. The number of benzene rings is 2. The van der Waals surface area contributed by atoms with Gasteiger partial charge in [0, 0.05) is 5.56 Å². The molecule has 1 aliphatic heterocycles. The number of carbonyl (C=O) groups excluding carboxylic acids is 2. The molecular weight excluding hydrogens is 330 g/mol. The van der Waals surface area contributed by atoms with Gasteiger partial charge in [-0.05, 0) is 30.7 Å². The van der Waals surface area contributed by atoms with Gasteiger partial charge in [0.2, 0.25) is 0 Å². The second-order valence-electron chi connectivity index (χ2n) is 6.02. The van der Waals surface area contributed by atoms with E-state index in [-0.39, 0.29) is 12.1 Å². The molecule has 0 spiro atoms. The van der Waals surface area contributed by atoms with E-state index in [0.29, 0.717) is 5.56 Å². The fraction of sp³-hybridized carbons (Fsp3) is 0.222. The first kappa shape index (κ1) is 17.0. The number of nitrogens with one attached hydrogen (secondary N) is 1. The second-order valence-corrected chi connectivity index (χ2v) is 6.02. The molecule has 2 aromatic rings. The molecule has 2 aromatic carbocycles. The Hall–Kier alpha value is -2.80. The smallest absolute Gasteiger partial charge is 0.325 e. The number of halogens is 2. The van der Waals surface area contributed by atoms with Gasteiger partial charge in [0.1, 0.15) is 17.2 Å². The quantitative estimate of drug-likeness (QED) is 0.836. The molecule has 2 N–H and O–H groups in total. The number of imide groups is 1.